The van der Waals surface area contributed by atoms with E-state index in [9.17, 15) is 24.4 Å². The average Bonchev–Trinajstić information content (AvgIpc) is 2.77. The van der Waals surface area contributed by atoms with Gasteiger partial charge in [-0.2, -0.15) is 0 Å². The number of benzene rings is 1. The van der Waals surface area contributed by atoms with Crippen molar-refractivity contribution < 1.29 is 29.2 Å². The molecule has 0 radical (unpaired) electrons. The second-order valence-corrected chi connectivity index (χ2v) is 9.50. The lowest BCUT2D eigenvalue weighted by molar-refractivity contribution is -0.138. The second kappa shape index (κ2) is 13.3. The Labute approximate surface area is 201 Å². The first kappa shape index (κ1) is 27.6. The van der Waals surface area contributed by atoms with Crippen molar-refractivity contribution in [1.29, 1.82) is 0 Å². The third kappa shape index (κ3) is 10.1. The minimum Gasteiger partial charge on any atom is -0.426 e. The van der Waals surface area contributed by atoms with E-state index in [-0.39, 0.29) is 12.3 Å². The SMILES string of the molecule is CC(C)(C)NC(=O)N[C@H](CC(=O)N1CCOCC1)C(=O)N[C@@H](CCCc1ccccc1)B(O)O. The molecule has 0 saturated carbocycles. The van der Waals surface area contributed by atoms with Crippen LogP contribution in [0, 0.1) is 0 Å². The predicted molar refractivity (Wildman–Crippen MR) is 129 cm³/mol. The number of hydrogen-bond donors (Lipinski definition) is 5. The molecule has 0 spiro atoms. The van der Waals surface area contributed by atoms with Gasteiger partial charge in [-0.3, -0.25) is 9.59 Å². The Morgan fingerprint density at radius 1 is 1.09 bits per heavy atom. The molecule has 1 aliphatic rings. The molecule has 0 unspecified atom stereocenters. The van der Waals surface area contributed by atoms with Gasteiger partial charge < -0.3 is 35.6 Å². The van der Waals surface area contributed by atoms with Gasteiger partial charge in [-0.05, 0) is 45.6 Å². The number of carbonyl (C=O) groups excluding carboxylic acids is 3. The van der Waals surface area contributed by atoms with Crippen LogP contribution in [0.3, 0.4) is 0 Å². The topological polar surface area (TPSA) is 140 Å². The fourth-order valence-electron chi connectivity index (χ4n) is 3.61. The maximum Gasteiger partial charge on any atom is 0.475 e. The van der Waals surface area contributed by atoms with Crippen molar-refractivity contribution in [2.75, 3.05) is 26.3 Å². The number of carbonyl (C=O) groups is 3. The maximum absolute atomic E-state index is 13.0. The number of rotatable bonds is 10. The summed E-state index contributed by atoms with van der Waals surface area (Å²) in [5.41, 5.74) is 0.565. The molecule has 34 heavy (non-hydrogen) atoms. The van der Waals surface area contributed by atoms with Crippen LogP contribution in [0.15, 0.2) is 30.3 Å². The minimum atomic E-state index is -1.78. The molecule has 1 aliphatic heterocycles. The number of morpholine rings is 1. The van der Waals surface area contributed by atoms with Crippen LogP contribution in [0.2, 0.25) is 0 Å². The summed E-state index contributed by atoms with van der Waals surface area (Å²) >= 11 is 0. The van der Waals surface area contributed by atoms with E-state index in [1.807, 2.05) is 30.3 Å². The van der Waals surface area contributed by atoms with Crippen LogP contribution in [-0.4, -0.2) is 83.7 Å². The molecule has 5 N–H and O–H groups in total. The van der Waals surface area contributed by atoms with Crippen LogP contribution < -0.4 is 16.0 Å². The minimum absolute atomic E-state index is 0.248. The highest BCUT2D eigenvalue weighted by atomic mass is 16.5. The number of nitrogens with one attached hydrogen (secondary N) is 3. The van der Waals surface area contributed by atoms with Crippen molar-refractivity contribution in [3.63, 3.8) is 0 Å². The zero-order chi connectivity index (χ0) is 25.1. The van der Waals surface area contributed by atoms with Crippen molar-refractivity contribution in [3.05, 3.63) is 35.9 Å². The van der Waals surface area contributed by atoms with E-state index in [0.717, 1.165) is 5.56 Å². The highest BCUT2D eigenvalue weighted by Gasteiger charge is 2.32. The monoisotopic (exact) mass is 476 g/mol. The summed E-state index contributed by atoms with van der Waals surface area (Å²) in [6, 6.07) is 7.98. The molecule has 1 fully saturated rings. The highest BCUT2D eigenvalue weighted by Crippen LogP contribution is 2.09. The average molecular weight is 476 g/mol. The van der Waals surface area contributed by atoms with Crippen LogP contribution in [0.25, 0.3) is 0 Å². The molecular weight excluding hydrogens is 439 g/mol. The fraction of sp³-hybridized carbons (Fsp3) is 0.609. The predicted octanol–water partition coefficient (Wildman–Crippen LogP) is 0.221. The molecular formula is C23H37BN4O6. The van der Waals surface area contributed by atoms with Gasteiger partial charge in [-0.15, -0.1) is 0 Å². The summed E-state index contributed by atoms with van der Waals surface area (Å²) in [5, 5.41) is 27.5. The number of hydrogen-bond acceptors (Lipinski definition) is 6. The van der Waals surface area contributed by atoms with Crippen molar-refractivity contribution in [3.8, 4) is 0 Å². The molecule has 11 heteroatoms. The van der Waals surface area contributed by atoms with Gasteiger partial charge in [-0.1, -0.05) is 30.3 Å². The van der Waals surface area contributed by atoms with E-state index in [4.69, 9.17) is 4.74 Å². The largest absolute Gasteiger partial charge is 0.475 e. The number of ether oxygens (including phenoxy) is 1. The normalized spacial score (nSPS) is 15.7. The molecule has 1 aromatic rings. The molecule has 1 heterocycles. The Kier molecular flexibility index (Phi) is 10.8. The van der Waals surface area contributed by atoms with E-state index >= 15 is 0 Å². The molecule has 2 atom stereocenters. The van der Waals surface area contributed by atoms with E-state index in [2.05, 4.69) is 16.0 Å². The highest BCUT2D eigenvalue weighted by molar-refractivity contribution is 6.43. The smallest absolute Gasteiger partial charge is 0.426 e. The molecule has 0 aliphatic carbocycles. The van der Waals surface area contributed by atoms with Crippen LogP contribution in [0.5, 0.6) is 0 Å². The van der Waals surface area contributed by atoms with Gasteiger partial charge >= 0.3 is 13.1 Å². The van der Waals surface area contributed by atoms with Gasteiger partial charge in [0.1, 0.15) is 6.04 Å². The van der Waals surface area contributed by atoms with E-state index < -0.39 is 36.6 Å². The Morgan fingerprint density at radius 3 is 2.32 bits per heavy atom. The molecule has 10 nitrogen and oxygen atoms in total. The zero-order valence-corrected chi connectivity index (χ0v) is 20.3. The van der Waals surface area contributed by atoms with Crippen molar-refractivity contribution in [2.45, 2.75) is 64.0 Å². The van der Waals surface area contributed by atoms with E-state index in [1.54, 1.807) is 25.7 Å². The van der Waals surface area contributed by atoms with Crippen molar-refractivity contribution in [2.24, 2.45) is 0 Å². The Hall–Kier alpha value is -2.63. The van der Waals surface area contributed by atoms with Gasteiger partial charge in [0.2, 0.25) is 11.8 Å². The Bertz CT molecular complexity index is 796. The molecule has 1 aromatic carbocycles. The molecule has 188 valence electrons. The third-order valence-electron chi connectivity index (χ3n) is 5.36. The summed E-state index contributed by atoms with van der Waals surface area (Å²) in [7, 11) is -1.78. The van der Waals surface area contributed by atoms with Gasteiger partial charge in [-0.25, -0.2) is 4.79 Å². The molecule has 2 rings (SSSR count). The Balaban J connectivity index is 2.02. The van der Waals surface area contributed by atoms with Gasteiger partial charge in [0.25, 0.3) is 0 Å². The van der Waals surface area contributed by atoms with E-state index in [1.165, 1.54) is 0 Å². The van der Waals surface area contributed by atoms with E-state index in [0.29, 0.717) is 45.6 Å². The standard InChI is InChI=1S/C23H37BN4O6/c1-23(2,3)27-22(31)25-18(16-20(29)28-12-14-34-15-13-28)21(30)26-19(24(32)33)11-7-10-17-8-5-4-6-9-17/h4-6,8-9,18-19,32-33H,7,10-16H2,1-3H3,(H,26,30)(H2,25,27,31)/t18-,19+/m1/s1. The lowest BCUT2D eigenvalue weighted by atomic mass is 9.76. The summed E-state index contributed by atoms with van der Waals surface area (Å²) < 4.78 is 5.26. The third-order valence-corrected chi connectivity index (χ3v) is 5.36. The van der Waals surface area contributed by atoms with Crippen LogP contribution in [0.4, 0.5) is 4.79 Å². The quantitative estimate of drug-likeness (QED) is 0.306. The van der Waals surface area contributed by atoms with Crippen LogP contribution >= 0.6 is 0 Å². The van der Waals surface area contributed by atoms with Gasteiger partial charge in [0.05, 0.1) is 25.6 Å². The Morgan fingerprint density at radius 2 is 1.74 bits per heavy atom. The zero-order valence-electron chi connectivity index (χ0n) is 20.3. The number of nitrogens with zero attached hydrogens (tertiary/aromatic N) is 1. The fourth-order valence-corrected chi connectivity index (χ4v) is 3.61. The van der Waals surface area contributed by atoms with Gasteiger partial charge in [0, 0.05) is 18.6 Å². The maximum atomic E-state index is 13.0. The van der Waals surface area contributed by atoms with Crippen LogP contribution in [0.1, 0.15) is 45.6 Å². The molecule has 4 amide bonds. The summed E-state index contributed by atoms with van der Waals surface area (Å²) in [4.78, 5) is 39.8. The summed E-state index contributed by atoms with van der Waals surface area (Å²) in [6.07, 6.45) is 1.39. The lowest BCUT2D eigenvalue weighted by Gasteiger charge is -2.30. The summed E-state index contributed by atoms with van der Waals surface area (Å²) in [5.74, 6) is -1.88. The number of aryl methyl sites for hydroxylation is 1. The first-order valence-corrected chi connectivity index (χ1v) is 11.7. The van der Waals surface area contributed by atoms with Crippen molar-refractivity contribution in [1.82, 2.24) is 20.9 Å². The van der Waals surface area contributed by atoms with Crippen LogP contribution in [-0.2, 0) is 20.7 Å². The number of amides is 4. The molecule has 1 saturated heterocycles. The first-order chi connectivity index (χ1) is 16.0. The van der Waals surface area contributed by atoms with Crippen molar-refractivity contribution >= 4 is 25.0 Å². The van der Waals surface area contributed by atoms with Gasteiger partial charge in [0.15, 0.2) is 0 Å². The molecule has 0 aromatic heterocycles. The summed E-state index contributed by atoms with van der Waals surface area (Å²) in [6.45, 7) is 7.06. The lowest BCUT2D eigenvalue weighted by Crippen LogP contribution is -2.58. The molecule has 0 bridgehead atoms. The number of urea groups is 1. The first-order valence-electron chi connectivity index (χ1n) is 11.7. The second-order valence-electron chi connectivity index (χ2n) is 9.50.